The lowest BCUT2D eigenvalue weighted by molar-refractivity contribution is -0.148. The standard InChI is InChI=1S/C22H32O7/c1-15(23)17-14-16(28-12-6-10-21(2,3)19(24)25)8-9-18(17)29-13-7-11-22(4,5)20(26)27/h8-9,14H,6-7,10-13H2,1-5H3,(H,24,25)(H,26,27). The summed E-state index contributed by atoms with van der Waals surface area (Å²) in [5.74, 6) is -0.907. The zero-order valence-corrected chi connectivity index (χ0v) is 17.9. The van der Waals surface area contributed by atoms with Gasteiger partial charge in [0.15, 0.2) is 5.78 Å². The number of ketones is 1. The third kappa shape index (κ3) is 7.75. The largest absolute Gasteiger partial charge is 0.494 e. The fourth-order valence-corrected chi connectivity index (χ4v) is 2.61. The Morgan fingerprint density at radius 1 is 0.862 bits per heavy atom. The van der Waals surface area contributed by atoms with E-state index in [0.717, 1.165) is 0 Å². The van der Waals surface area contributed by atoms with Crippen molar-refractivity contribution in [2.45, 2.75) is 60.3 Å². The van der Waals surface area contributed by atoms with Gasteiger partial charge in [0.1, 0.15) is 11.5 Å². The third-order valence-corrected chi connectivity index (χ3v) is 4.91. The predicted molar refractivity (Wildman–Crippen MR) is 109 cm³/mol. The Labute approximate surface area is 172 Å². The van der Waals surface area contributed by atoms with Crippen LogP contribution in [0, 0.1) is 10.8 Å². The Balaban J connectivity index is 2.62. The molecule has 1 aromatic carbocycles. The van der Waals surface area contributed by atoms with Gasteiger partial charge < -0.3 is 19.7 Å². The molecule has 162 valence electrons. The number of Topliss-reactive ketones (excluding diaryl/α,β-unsaturated/α-hetero) is 1. The molecule has 0 aromatic heterocycles. The zero-order valence-electron chi connectivity index (χ0n) is 17.9. The molecule has 0 saturated heterocycles. The summed E-state index contributed by atoms with van der Waals surface area (Å²) < 4.78 is 11.3. The van der Waals surface area contributed by atoms with Crippen molar-refractivity contribution in [2.24, 2.45) is 10.8 Å². The van der Waals surface area contributed by atoms with Gasteiger partial charge in [-0.25, -0.2) is 0 Å². The molecule has 0 fully saturated rings. The van der Waals surface area contributed by atoms with Gasteiger partial charge in [0.05, 0.1) is 29.6 Å². The SMILES string of the molecule is CC(=O)c1cc(OCCCC(C)(C)C(=O)O)ccc1OCCCC(C)(C)C(=O)O. The second kappa shape index (κ2) is 10.3. The molecule has 1 rings (SSSR count). The number of carboxylic acids is 2. The van der Waals surface area contributed by atoms with Crippen molar-refractivity contribution in [2.75, 3.05) is 13.2 Å². The van der Waals surface area contributed by atoms with Crippen LogP contribution in [0.2, 0.25) is 0 Å². The van der Waals surface area contributed by atoms with Crippen LogP contribution in [0.15, 0.2) is 18.2 Å². The van der Waals surface area contributed by atoms with Gasteiger partial charge in [-0.05, 0) is 78.5 Å². The van der Waals surface area contributed by atoms with E-state index >= 15 is 0 Å². The molecule has 2 N–H and O–H groups in total. The minimum atomic E-state index is -0.852. The van der Waals surface area contributed by atoms with E-state index in [1.54, 1.807) is 45.9 Å². The number of carbonyl (C=O) groups excluding carboxylic acids is 1. The molecular weight excluding hydrogens is 376 g/mol. The molecule has 0 aliphatic heterocycles. The molecule has 0 aliphatic carbocycles. The highest BCUT2D eigenvalue weighted by Gasteiger charge is 2.27. The monoisotopic (exact) mass is 408 g/mol. The quantitative estimate of drug-likeness (QED) is 0.367. The second-order valence-corrected chi connectivity index (χ2v) is 8.50. The number of rotatable bonds is 13. The topological polar surface area (TPSA) is 110 Å². The van der Waals surface area contributed by atoms with Crippen LogP contribution in [0.4, 0.5) is 0 Å². The smallest absolute Gasteiger partial charge is 0.309 e. The number of carboxylic acid groups (broad SMARTS) is 2. The molecule has 1 aromatic rings. The maximum atomic E-state index is 12.0. The van der Waals surface area contributed by atoms with Gasteiger partial charge in [-0.2, -0.15) is 0 Å². The highest BCUT2D eigenvalue weighted by molar-refractivity contribution is 5.97. The molecule has 0 spiro atoms. The summed E-state index contributed by atoms with van der Waals surface area (Å²) in [6, 6.07) is 4.97. The van der Waals surface area contributed by atoms with Crippen LogP contribution in [0.3, 0.4) is 0 Å². The number of carbonyl (C=O) groups is 3. The van der Waals surface area contributed by atoms with Crippen LogP contribution < -0.4 is 9.47 Å². The normalized spacial score (nSPS) is 11.8. The highest BCUT2D eigenvalue weighted by atomic mass is 16.5. The molecule has 7 heteroatoms. The van der Waals surface area contributed by atoms with Crippen LogP contribution in [-0.4, -0.2) is 41.1 Å². The zero-order chi connectivity index (χ0) is 22.2. The van der Waals surface area contributed by atoms with E-state index in [0.29, 0.717) is 56.0 Å². The summed E-state index contributed by atoms with van der Waals surface area (Å²) in [6.45, 7) is 8.77. The van der Waals surface area contributed by atoms with Crippen molar-refractivity contribution in [3.05, 3.63) is 23.8 Å². The fourth-order valence-electron chi connectivity index (χ4n) is 2.61. The van der Waals surface area contributed by atoms with Crippen molar-refractivity contribution in [1.82, 2.24) is 0 Å². The van der Waals surface area contributed by atoms with E-state index in [4.69, 9.17) is 19.7 Å². The Morgan fingerprint density at radius 2 is 1.34 bits per heavy atom. The Hall–Kier alpha value is -2.57. The van der Waals surface area contributed by atoms with E-state index in [-0.39, 0.29) is 5.78 Å². The van der Waals surface area contributed by atoms with Crippen LogP contribution >= 0.6 is 0 Å². The number of aliphatic carboxylic acids is 2. The Morgan fingerprint density at radius 3 is 1.79 bits per heavy atom. The summed E-state index contributed by atoms with van der Waals surface area (Å²) in [5.41, 5.74) is -1.23. The van der Waals surface area contributed by atoms with Gasteiger partial charge in [-0.15, -0.1) is 0 Å². The first-order chi connectivity index (χ1) is 13.4. The molecule has 0 aliphatic rings. The van der Waals surface area contributed by atoms with E-state index in [1.165, 1.54) is 6.92 Å². The van der Waals surface area contributed by atoms with Gasteiger partial charge in [-0.1, -0.05) is 0 Å². The van der Waals surface area contributed by atoms with Crippen LogP contribution in [0.5, 0.6) is 11.5 Å². The highest BCUT2D eigenvalue weighted by Crippen LogP contribution is 2.27. The van der Waals surface area contributed by atoms with Gasteiger partial charge >= 0.3 is 11.9 Å². The first-order valence-electron chi connectivity index (χ1n) is 9.74. The van der Waals surface area contributed by atoms with Crippen LogP contribution in [0.1, 0.15) is 70.7 Å². The number of benzene rings is 1. The summed E-state index contributed by atoms with van der Waals surface area (Å²) in [4.78, 5) is 34.2. The lowest BCUT2D eigenvalue weighted by Crippen LogP contribution is -2.24. The minimum absolute atomic E-state index is 0.164. The van der Waals surface area contributed by atoms with Gasteiger partial charge in [0.2, 0.25) is 0 Å². The molecule has 29 heavy (non-hydrogen) atoms. The van der Waals surface area contributed by atoms with E-state index < -0.39 is 22.8 Å². The van der Waals surface area contributed by atoms with Crippen molar-refractivity contribution in [3.63, 3.8) is 0 Å². The predicted octanol–water partition coefficient (Wildman–Crippen LogP) is 4.43. The molecule has 0 bridgehead atoms. The first-order valence-corrected chi connectivity index (χ1v) is 9.74. The van der Waals surface area contributed by atoms with E-state index in [1.807, 2.05) is 0 Å². The van der Waals surface area contributed by atoms with E-state index in [2.05, 4.69) is 0 Å². The van der Waals surface area contributed by atoms with Crippen LogP contribution in [-0.2, 0) is 9.59 Å². The maximum absolute atomic E-state index is 12.0. The maximum Gasteiger partial charge on any atom is 0.309 e. The first kappa shape index (κ1) is 24.5. The van der Waals surface area contributed by atoms with Crippen LogP contribution in [0.25, 0.3) is 0 Å². The molecular formula is C22H32O7. The molecule has 0 unspecified atom stereocenters. The summed E-state index contributed by atoms with van der Waals surface area (Å²) in [6.07, 6.45) is 2.07. The summed E-state index contributed by atoms with van der Waals surface area (Å²) >= 11 is 0. The van der Waals surface area contributed by atoms with Crippen molar-refractivity contribution in [1.29, 1.82) is 0 Å². The molecule has 0 saturated carbocycles. The molecule has 0 atom stereocenters. The average molecular weight is 408 g/mol. The lowest BCUT2D eigenvalue weighted by Gasteiger charge is -2.19. The minimum Gasteiger partial charge on any atom is -0.494 e. The van der Waals surface area contributed by atoms with Gasteiger partial charge in [0.25, 0.3) is 0 Å². The molecule has 0 radical (unpaired) electrons. The van der Waals surface area contributed by atoms with Gasteiger partial charge in [-0.3, -0.25) is 14.4 Å². The van der Waals surface area contributed by atoms with Crippen molar-refractivity contribution in [3.8, 4) is 11.5 Å². The number of hydrogen-bond acceptors (Lipinski definition) is 5. The van der Waals surface area contributed by atoms with Crippen molar-refractivity contribution < 1.29 is 34.1 Å². The third-order valence-electron chi connectivity index (χ3n) is 4.91. The average Bonchev–Trinajstić information content (AvgIpc) is 2.62. The second-order valence-electron chi connectivity index (χ2n) is 8.50. The lowest BCUT2D eigenvalue weighted by atomic mass is 9.88. The molecule has 0 heterocycles. The summed E-state index contributed by atoms with van der Waals surface area (Å²) in [7, 11) is 0. The molecule has 0 amide bonds. The number of ether oxygens (including phenoxy) is 2. The number of hydrogen-bond donors (Lipinski definition) is 2. The van der Waals surface area contributed by atoms with Crippen molar-refractivity contribution >= 4 is 17.7 Å². The Kier molecular flexibility index (Phi) is 8.67. The summed E-state index contributed by atoms with van der Waals surface area (Å²) in [5, 5.41) is 18.3. The molecule has 7 nitrogen and oxygen atoms in total. The van der Waals surface area contributed by atoms with E-state index in [9.17, 15) is 14.4 Å². The van der Waals surface area contributed by atoms with Gasteiger partial charge in [0, 0.05) is 0 Å². The Bertz CT molecular complexity index is 735. The fraction of sp³-hybridized carbons (Fsp3) is 0.591.